The zero-order valence-corrected chi connectivity index (χ0v) is 9.13. The summed E-state index contributed by atoms with van der Waals surface area (Å²) in [6.07, 6.45) is 3.95. The summed E-state index contributed by atoms with van der Waals surface area (Å²) in [6, 6.07) is 0. The molecular weight excluding hydrogens is 174 g/mol. The van der Waals surface area contributed by atoms with E-state index in [2.05, 4.69) is 26.5 Å². The van der Waals surface area contributed by atoms with Gasteiger partial charge in [0.15, 0.2) is 0 Å². The average Bonchev–Trinajstić information content (AvgIpc) is 1.97. The highest BCUT2D eigenvalue weighted by atomic mass is 32.2. The van der Waals surface area contributed by atoms with Crippen LogP contribution in [0.5, 0.6) is 0 Å². The Morgan fingerprint density at radius 3 is 2.64 bits per heavy atom. The van der Waals surface area contributed by atoms with E-state index in [1.54, 1.807) is 11.8 Å². The molecule has 0 aromatic rings. The minimum atomic E-state index is -0.000855. The van der Waals surface area contributed by atoms with Gasteiger partial charge in [0.2, 0.25) is 0 Å². The lowest BCUT2D eigenvalue weighted by Gasteiger charge is -2.11. The average molecular weight is 193 g/mol. The first-order valence-electron chi connectivity index (χ1n) is 4.22. The largest absolute Gasteiger partial charge is 0.311 e. The normalized spacial score (nSPS) is 16.4. The molecule has 0 aliphatic carbocycles. The van der Waals surface area contributed by atoms with Crippen LogP contribution < -0.4 is 5.73 Å². The van der Waals surface area contributed by atoms with Gasteiger partial charge in [0, 0.05) is 0 Å². The molecule has 0 amide bonds. The zero-order valence-electron chi connectivity index (χ0n) is 7.42. The molecule has 1 nitrogen and oxygen atoms in total. The van der Waals surface area contributed by atoms with Crippen LogP contribution in [0.4, 0.5) is 0 Å². The Kier molecular flexibility index (Phi) is 7.76. The van der Waals surface area contributed by atoms with E-state index in [0.717, 1.165) is 11.7 Å². The number of hydrogen-bond donors (Lipinski definition) is 2. The molecule has 0 aromatic heterocycles. The molecule has 11 heavy (non-hydrogen) atoms. The van der Waals surface area contributed by atoms with Crippen molar-refractivity contribution in [3.05, 3.63) is 0 Å². The Bertz CT molecular complexity index is 86.2. The maximum atomic E-state index is 5.50. The standard InChI is InChI=1S/C8H19NS2/c1-3-4-5-7(2)6-11-8(9)10/h7-8,10H,3-6,9H2,1-2H3/t7-,8+/m0/s1. The Morgan fingerprint density at radius 1 is 1.55 bits per heavy atom. The first-order chi connectivity index (χ1) is 5.16. The van der Waals surface area contributed by atoms with Gasteiger partial charge >= 0.3 is 0 Å². The summed E-state index contributed by atoms with van der Waals surface area (Å²) in [5.41, 5.74) is 5.50. The molecule has 2 N–H and O–H groups in total. The maximum absolute atomic E-state index is 5.50. The molecule has 2 atom stereocenters. The van der Waals surface area contributed by atoms with Crippen molar-refractivity contribution >= 4 is 24.4 Å². The molecule has 0 saturated carbocycles. The van der Waals surface area contributed by atoms with E-state index in [1.165, 1.54) is 19.3 Å². The van der Waals surface area contributed by atoms with Crippen molar-refractivity contribution in [2.24, 2.45) is 11.7 Å². The zero-order chi connectivity index (χ0) is 8.69. The summed E-state index contributed by atoms with van der Waals surface area (Å²) in [5, 5.41) is 0. The van der Waals surface area contributed by atoms with Gasteiger partial charge in [-0.3, -0.25) is 0 Å². The molecule has 68 valence electrons. The van der Waals surface area contributed by atoms with E-state index in [-0.39, 0.29) is 4.71 Å². The fourth-order valence-electron chi connectivity index (χ4n) is 0.899. The summed E-state index contributed by atoms with van der Waals surface area (Å²) < 4.78 is -0.000855. The van der Waals surface area contributed by atoms with Crippen molar-refractivity contribution in [1.82, 2.24) is 0 Å². The topological polar surface area (TPSA) is 26.0 Å². The SMILES string of the molecule is CCCC[C@H](C)CS[C@H](N)S. The molecular formula is C8H19NS2. The van der Waals surface area contributed by atoms with Gasteiger partial charge in [-0.2, -0.15) is 0 Å². The van der Waals surface area contributed by atoms with E-state index < -0.39 is 0 Å². The highest BCUT2D eigenvalue weighted by Gasteiger charge is 2.03. The van der Waals surface area contributed by atoms with Crippen molar-refractivity contribution < 1.29 is 0 Å². The van der Waals surface area contributed by atoms with Crippen molar-refractivity contribution in [3.8, 4) is 0 Å². The van der Waals surface area contributed by atoms with Gasteiger partial charge in [0.05, 0.1) is 4.71 Å². The molecule has 0 aromatic carbocycles. The third kappa shape index (κ3) is 8.57. The summed E-state index contributed by atoms with van der Waals surface area (Å²) in [7, 11) is 0. The van der Waals surface area contributed by atoms with Crippen LogP contribution in [-0.2, 0) is 0 Å². The molecule has 0 aliphatic heterocycles. The first-order valence-corrected chi connectivity index (χ1v) is 5.78. The minimum absolute atomic E-state index is 0.000855. The molecule has 0 saturated heterocycles. The van der Waals surface area contributed by atoms with E-state index >= 15 is 0 Å². The predicted octanol–water partition coefficient (Wildman–Crippen LogP) is 2.72. The summed E-state index contributed by atoms with van der Waals surface area (Å²) in [6.45, 7) is 4.50. The van der Waals surface area contributed by atoms with Crippen LogP contribution in [-0.4, -0.2) is 10.5 Å². The molecule has 3 heteroatoms. The van der Waals surface area contributed by atoms with Crippen molar-refractivity contribution in [3.63, 3.8) is 0 Å². The van der Waals surface area contributed by atoms with Crippen molar-refractivity contribution in [2.45, 2.75) is 37.8 Å². The number of thioether (sulfide) groups is 1. The van der Waals surface area contributed by atoms with Crippen LogP contribution in [0.3, 0.4) is 0 Å². The highest BCUT2D eigenvalue weighted by Crippen LogP contribution is 2.17. The molecule has 0 spiro atoms. The summed E-state index contributed by atoms with van der Waals surface area (Å²) in [5.74, 6) is 1.93. The Balaban J connectivity index is 3.15. The molecule has 0 bridgehead atoms. The highest BCUT2D eigenvalue weighted by molar-refractivity contribution is 8.10. The smallest absolute Gasteiger partial charge is 0.0948 e. The number of thiol groups is 1. The maximum Gasteiger partial charge on any atom is 0.0948 e. The molecule has 0 heterocycles. The number of rotatable bonds is 6. The van der Waals surface area contributed by atoms with Gasteiger partial charge in [-0.05, 0) is 18.1 Å². The second kappa shape index (κ2) is 7.32. The second-order valence-electron chi connectivity index (χ2n) is 2.97. The molecule has 0 aliphatic rings. The van der Waals surface area contributed by atoms with Crippen LogP contribution in [0.25, 0.3) is 0 Å². The van der Waals surface area contributed by atoms with Crippen LogP contribution in [0.15, 0.2) is 0 Å². The lowest BCUT2D eigenvalue weighted by molar-refractivity contribution is 0.557. The quantitative estimate of drug-likeness (QED) is 0.501. The van der Waals surface area contributed by atoms with Gasteiger partial charge < -0.3 is 5.73 Å². The fourth-order valence-corrected chi connectivity index (χ4v) is 1.85. The summed E-state index contributed by atoms with van der Waals surface area (Å²) in [4.78, 5) is 0. The van der Waals surface area contributed by atoms with E-state index in [9.17, 15) is 0 Å². The lowest BCUT2D eigenvalue weighted by Crippen LogP contribution is -2.10. The number of nitrogens with two attached hydrogens (primary N) is 1. The van der Waals surface area contributed by atoms with Crippen molar-refractivity contribution in [2.75, 3.05) is 5.75 Å². The van der Waals surface area contributed by atoms with Gasteiger partial charge in [-0.15, -0.1) is 24.4 Å². The molecule has 0 fully saturated rings. The van der Waals surface area contributed by atoms with Crippen molar-refractivity contribution in [1.29, 1.82) is 0 Å². The number of unbranched alkanes of at least 4 members (excludes halogenated alkanes) is 1. The number of hydrogen-bond acceptors (Lipinski definition) is 3. The lowest BCUT2D eigenvalue weighted by atomic mass is 10.1. The minimum Gasteiger partial charge on any atom is -0.311 e. The fraction of sp³-hybridized carbons (Fsp3) is 1.00. The van der Waals surface area contributed by atoms with E-state index in [0.29, 0.717) is 0 Å². The van der Waals surface area contributed by atoms with Crippen LogP contribution in [0, 0.1) is 5.92 Å². The van der Waals surface area contributed by atoms with E-state index in [1.807, 2.05) is 0 Å². The molecule has 0 radical (unpaired) electrons. The van der Waals surface area contributed by atoms with Gasteiger partial charge in [0.25, 0.3) is 0 Å². The van der Waals surface area contributed by atoms with E-state index in [4.69, 9.17) is 5.73 Å². The Labute approximate surface area is 79.9 Å². The van der Waals surface area contributed by atoms with Gasteiger partial charge in [-0.25, -0.2) is 0 Å². The third-order valence-corrected chi connectivity index (χ3v) is 3.15. The second-order valence-corrected chi connectivity index (χ2v) is 5.05. The third-order valence-electron chi connectivity index (χ3n) is 1.60. The van der Waals surface area contributed by atoms with Crippen LogP contribution in [0.1, 0.15) is 33.1 Å². The summed E-state index contributed by atoms with van der Waals surface area (Å²) >= 11 is 5.84. The van der Waals surface area contributed by atoms with Crippen LogP contribution >= 0.6 is 24.4 Å². The Morgan fingerprint density at radius 2 is 2.18 bits per heavy atom. The van der Waals surface area contributed by atoms with Crippen LogP contribution in [0.2, 0.25) is 0 Å². The molecule has 0 unspecified atom stereocenters. The monoisotopic (exact) mass is 193 g/mol. The first kappa shape index (κ1) is 11.7. The van der Waals surface area contributed by atoms with Gasteiger partial charge in [0.1, 0.15) is 0 Å². The van der Waals surface area contributed by atoms with Gasteiger partial charge in [-0.1, -0.05) is 26.7 Å². The predicted molar refractivity (Wildman–Crippen MR) is 58.1 cm³/mol. The molecule has 0 rings (SSSR count). The Hall–Kier alpha value is 0.660.